The number of carbonyl (C=O) groups is 1. The van der Waals surface area contributed by atoms with Gasteiger partial charge in [0.2, 0.25) is 5.91 Å². The maximum Gasteiger partial charge on any atom is 0.227 e. The molecule has 1 aliphatic rings. The number of methoxy groups -OCH3 is 1. The Balaban J connectivity index is 1.42. The van der Waals surface area contributed by atoms with Crippen molar-refractivity contribution in [3.63, 3.8) is 0 Å². The number of thioether (sulfide) groups is 1. The van der Waals surface area contributed by atoms with Crippen LogP contribution in [0.1, 0.15) is 108 Å². The predicted molar refractivity (Wildman–Crippen MR) is 175 cm³/mol. The molecule has 0 aliphatic carbocycles. The highest BCUT2D eigenvalue weighted by Gasteiger charge is 2.17. The summed E-state index contributed by atoms with van der Waals surface area (Å²) in [6, 6.07) is 14.4. The highest BCUT2D eigenvalue weighted by atomic mass is 32.2. The van der Waals surface area contributed by atoms with Crippen molar-refractivity contribution in [3.8, 4) is 11.5 Å². The lowest BCUT2D eigenvalue weighted by Gasteiger charge is -2.24. The van der Waals surface area contributed by atoms with Crippen LogP contribution >= 0.6 is 11.8 Å². The molecular formula is C35H52N2O3S. The lowest BCUT2D eigenvalue weighted by Crippen LogP contribution is -2.29. The molecule has 0 atom stereocenters. The number of benzene rings is 2. The molecule has 1 heterocycles. The summed E-state index contributed by atoms with van der Waals surface area (Å²) in [5.74, 6) is 2.58. The maximum atomic E-state index is 12.9. The maximum absolute atomic E-state index is 12.9. The summed E-state index contributed by atoms with van der Waals surface area (Å²) in [5, 5.41) is 2.12. The van der Waals surface area contributed by atoms with Crippen LogP contribution < -0.4 is 14.4 Å². The van der Waals surface area contributed by atoms with Gasteiger partial charge in [-0.1, -0.05) is 103 Å². The van der Waals surface area contributed by atoms with E-state index in [-0.39, 0.29) is 5.91 Å². The van der Waals surface area contributed by atoms with Gasteiger partial charge in [-0.05, 0) is 47.2 Å². The molecular weight excluding hydrogens is 528 g/mol. The van der Waals surface area contributed by atoms with Crippen LogP contribution in [0.2, 0.25) is 0 Å². The fourth-order valence-corrected chi connectivity index (χ4v) is 5.89. The largest absolute Gasteiger partial charge is 0.493 e. The second-order valence-electron chi connectivity index (χ2n) is 11.1. The second kappa shape index (κ2) is 19.5. The number of amides is 1. The Kier molecular flexibility index (Phi) is 15.7. The first-order valence-corrected chi connectivity index (χ1v) is 16.9. The van der Waals surface area contributed by atoms with Crippen LogP contribution in [-0.4, -0.2) is 30.4 Å². The Labute approximate surface area is 253 Å². The van der Waals surface area contributed by atoms with Gasteiger partial charge in [0.15, 0.2) is 11.5 Å². The van der Waals surface area contributed by atoms with Gasteiger partial charge in [-0.3, -0.25) is 4.79 Å². The van der Waals surface area contributed by atoms with E-state index in [9.17, 15) is 4.79 Å². The molecule has 41 heavy (non-hydrogen) atoms. The quantitative estimate of drug-likeness (QED) is 0.138. The summed E-state index contributed by atoms with van der Waals surface area (Å²) in [5.41, 5.74) is 3.17. The van der Waals surface area contributed by atoms with Gasteiger partial charge in [0.1, 0.15) is 0 Å². The summed E-state index contributed by atoms with van der Waals surface area (Å²) in [4.78, 5) is 17.0. The molecule has 1 aliphatic heterocycles. The van der Waals surface area contributed by atoms with Crippen molar-refractivity contribution < 1.29 is 14.3 Å². The minimum atomic E-state index is 0.0999. The molecule has 2 aromatic rings. The molecule has 0 aromatic heterocycles. The van der Waals surface area contributed by atoms with Crippen molar-refractivity contribution in [2.75, 3.05) is 24.5 Å². The average molecular weight is 581 g/mol. The zero-order valence-electron chi connectivity index (χ0n) is 25.7. The standard InChI is InChI=1S/C35H52N2O3S/c1-4-6-7-8-9-10-11-12-13-14-15-16-24-40-33-22-19-31(26-34(33)39-3)28-37(35(38)5-2)32-20-17-30(18-21-32)27-36-23-25-41-29-36/h17-23,25-26H,4-16,24,27-29H2,1-3H3. The van der Waals surface area contributed by atoms with E-state index in [1.165, 1.54) is 76.2 Å². The summed E-state index contributed by atoms with van der Waals surface area (Å²) < 4.78 is 11.7. The molecule has 5 nitrogen and oxygen atoms in total. The van der Waals surface area contributed by atoms with Gasteiger partial charge in [-0.25, -0.2) is 0 Å². The number of hydrogen-bond acceptors (Lipinski definition) is 5. The number of rotatable bonds is 21. The van der Waals surface area contributed by atoms with E-state index in [0.29, 0.717) is 19.6 Å². The van der Waals surface area contributed by atoms with Crippen molar-refractivity contribution in [1.29, 1.82) is 0 Å². The summed E-state index contributed by atoms with van der Waals surface area (Å²) in [6.07, 6.45) is 18.6. The summed E-state index contributed by atoms with van der Waals surface area (Å²) in [7, 11) is 1.68. The zero-order valence-corrected chi connectivity index (χ0v) is 26.6. The van der Waals surface area contributed by atoms with Gasteiger partial charge in [0, 0.05) is 24.9 Å². The molecule has 0 bridgehead atoms. The molecule has 0 radical (unpaired) electrons. The molecule has 0 saturated carbocycles. The lowest BCUT2D eigenvalue weighted by atomic mass is 10.1. The molecule has 1 amide bonds. The number of anilines is 1. The summed E-state index contributed by atoms with van der Waals surface area (Å²) >= 11 is 1.81. The highest BCUT2D eigenvalue weighted by molar-refractivity contribution is 8.02. The second-order valence-corrected chi connectivity index (χ2v) is 11.9. The third kappa shape index (κ3) is 12.0. The van der Waals surface area contributed by atoms with E-state index in [0.717, 1.165) is 41.6 Å². The molecule has 2 aromatic carbocycles. The van der Waals surface area contributed by atoms with Gasteiger partial charge in [0.05, 0.1) is 26.1 Å². The zero-order chi connectivity index (χ0) is 29.1. The monoisotopic (exact) mass is 580 g/mol. The number of ether oxygens (including phenoxy) is 2. The fourth-order valence-electron chi connectivity index (χ4n) is 5.18. The number of unbranched alkanes of at least 4 members (excludes halogenated alkanes) is 11. The number of nitrogens with zero attached hydrogens (tertiary/aromatic N) is 2. The fraction of sp³-hybridized carbons (Fsp3) is 0.571. The van der Waals surface area contributed by atoms with E-state index in [1.807, 2.05) is 30.0 Å². The van der Waals surface area contributed by atoms with Crippen LogP contribution in [-0.2, 0) is 17.9 Å². The Morgan fingerprint density at radius 3 is 2.05 bits per heavy atom. The molecule has 3 rings (SSSR count). The van der Waals surface area contributed by atoms with E-state index >= 15 is 0 Å². The minimum Gasteiger partial charge on any atom is -0.493 e. The van der Waals surface area contributed by atoms with Gasteiger partial charge in [0.25, 0.3) is 0 Å². The topological polar surface area (TPSA) is 42.0 Å². The summed E-state index contributed by atoms with van der Waals surface area (Å²) in [6.45, 7) is 6.26. The van der Waals surface area contributed by atoms with Crippen molar-refractivity contribution >= 4 is 23.4 Å². The Hall–Kier alpha value is -2.60. The van der Waals surface area contributed by atoms with Crippen LogP contribution in [0, 0.1) is 0 Å². The van der Waals surface area contributed by atoms with E-state index in [4.69, 9.17) is 9.47 Å². The molecule has 0 N–H and O–H groups in total. The Bertz CT molecular complexity index is 1040. The van der Waals surface area contributed by atoms with Crippen molar-refractivity contribution in [2.24, 2.45) is 0 Å². The van der Waals surface area contributed by atoms with Gasteiger partial charge >= 0.3 is 0 Å². The SMILES string of the molecule is CCCCCCCCCCCCCCOc1ccc(CN(C(=O)CC)c2ccc(CN3C=CSC3)cc2)cc1OC. The lowest BCUT2D eigenvalue weighted by molar-refractivity contribution is -0.118. The molecule has 226 valence electrons. The first kappa shape index (κ1) is 32.9. The van der Waals surface area contributed by atoms with Gasteiger partial charge < -0.3 is 19.3 Å². The highest BCUT2D eigenvalue weighted by Crippen LogP contribution is 2.30. The molecule has 0 unspecified atom stereocenters. The van der Waals surface area contributed by atoms with Crippen molar-refractivity contribution in [3.05, 3.63) is 65.2 Å². The van der Waals surface area contributed by atoms with Gasteiger partial charge in [-0.2, -0.15) is 0 Å². The predicted octanol–water partition coefficient (Wildman–Crippen LogP) is 9.70. The molecule has 0 fully saturated rings. The van der Waals surface area contributed by atoms with Crippen molar-refractivity contribution in [2.45, 2.75) is 110 Å². The van der Waals surface area contributed by atoms with E-state index < -0.39 is 0 Å². The van der Waals surface area contributed by atoms with E-state index in [1.54, 1.807) is 18.9 Å². The molecule has 0 saturated heterocycles. The van der Waals surface area contributed by atoms with Gasteiger partial charge in [-0.15, -0.1) is 11.8 Å². The Morgan fingerprint density at radius 2 is 1.46 bits per heavy atom. The van der Waals surface area contributed by atoms with Crippen LogP contribution in [0.5, 0.6) is 11.5 Å². The molecule has 0 spiro atoms. The van der Waals surface area contributed by atoms with Crippen LogP contribution in [0.25, 0.3) is 0 Å². The van der Waals surface area contributed by atoms with Crippen molar-refractivity contribution in [1.82, 2.24) is 4.90 Å². The number of hydrogen-bond donors (Lipinski definition) is 0. The Morgan fingerprint density at radius 1 is 0.829 bits per heavy atom. The third-order valence-corrected chi connectivity index (χ3v) is 8.46. The third-order valence-electron chi connectivity index (χ3n) is 7.67. The first-order valence-electron chi connectivity index (χ1n) is 15.9. The minimum absolute atomic E-state index is 0.0999. The van der Waals surface area contributed by atoms with E-state index in [2.05, 4.69) is 47.7 Å². The van der Waals surface area contributed by atoms with Crippen LogP contribution in [0.15, 0.2) is 54.1 Å². The van der Waals surface area contributed by atoms with Crippen LogP contribution in [0.4, 0.5) is 5.69 Å². The number of carbonyl (C=O) groups excluding carboxylic acids is 1. The normalized spacial score (nSPS) is 12.6. The molecule has 6 heteroatoms. The smallest absolute Gasteiger partial charge is 0.227 e. The van der Waals surface area contributed by atoms with Crippen LogP contribution in [0.3, 0.4) is 0 Å². The first-order chi connectivity index (χ1) is 20.1. The average Bonchev–Trinajstić information content (AvgIpc) is 3.52.